The number of esters is 1. The zero-order valence-electron chi connectivity index (χ0n) is 15.6. The van der Waals surface area contributed by atoms with E-state index in [0.29, 0.717) is 11.5 Å². The smallest absolute Gasteiger partial charge is 0.343 e. The minimum Gasteiger partial charge on any atom is -0.482 e. The number of thioether (sulfide) groups is 1. The maximum Gasteiger partial charge on any atom is 0.343 e. The number of benzene rings is 2. The number of hydrazone groups is 1. The van der Waals surface area contributed by atoms with Crippen molar-refractivity contribution in [2.75, 3.05) is 19.5 Å². The van der Waals surface area contributed by atoms with E-state index in [1.54, 1.807) is 36.4 Å². The molecule has 9 nitrogen and oxygen atoms in total. The predicted molar refractivity (Wildman–Crippen MR) is 109 cm³/mol. The zero-order chi connectivity index (χ0) is 21.1. The quantitative estimate of drug-likeness (QED) is 0.273. The van der Waals surface area contributed by atoms with Crippen molar-refractivity contribution in [1.29, 1.82) is 0 Å². The van der Waals surface area contributed by atoms with Gasteiger partial charge in [-0.05, 0) is 35.4 Å². The van der Waals surface area contributed by atoms with Gasteiger partial charge in [0.1, 0.15) is 5.75 Å². The third-order valence-electron chi connectivity index (χ3n) is 3.52. The molecule has 0 saturated carbocycles. The summed E-state index contributed by atoms with van der Waals surface area (Å²) in [5.41, 5.74) is 4.11. The summed E-state index contributed by atoms with van der Waals surface area (Å²) in [6.45, 7) is -0.169. The standard InChI is InChI=1S/C19H19N3O6S/c1-27-19(24)11-28-17-8-4-14(5-9-17)10-20-21-18(23)13-29-12-15-2-6-16(7-3-15)22(25)26/h2-10H,11-13H2,1H3,(H,21,23)/b20-10+. The number of nitro groups is 1. The third kappa shape index (κ3) is 8.01. The van der Waals surface area contributed by atoms with Gasteiger partial charge in [0.25, 0.3) is 5.69 Å². The van der Waals surface area contributed by atoms with E-state index in [9.17, 15) is 19.7 Å². The molecule has 2 aromatic carbocycles. The fraction of sp³-hybridized carbons (Fsp3) is 0.211. The van der Waals surface area contributed by atoms with Gasteiger partial charge >= 0.3 is 5.97 Å². The van der Waals surface area contributed by atoms with Crippen LogP contribution in [0.1, 0.15) is 11.1 Å². The number of methoxy groups -OCH3 is 1. The number of carbonyl (C=O) groups is 2. The summed E-state index contributed by atoms with van der Waals surface area (Å²) < 4.78 is 9.72. The van der Waals surface area contributed by atoms with Crippen LogP contribution in [-0.2, 0) is 20.1 Å². The van der Waals surface area contributed by atoms with Crippen LogP contribution in [0.5, 0.6) is 5.75 Å². The second kappa shape index (κ2) is 11.4. The summed E-state index contributed by atoms with van der Waals surface area (Å²) in [5, 5.41) is 14.5. The monoisotopic (exact) mass is 417 g/mol. The van der Waals surface area contributed by atoms with E-state index in [1.165, 1.54) is 37.2 Å². The Morgan fingerprint density at radius 2 is 1.86 bits per heavy atom. The van der Waals surface area contributed by atoms with Gasteiger partial charge in [-0.2, -0.15) is 5.10 Å². The molecular weight excluding hydrogens is 398 g/mol. The average molecular weight is 417 g/mol. The van der Waals surface area contributed by atoms with Crippen LogP contribution in [0, 0.1) is 10.1 Å². The Kier molecular flexibility index (Phi) is 8.64. The minimum absolute atomic E-state index is 0.0360. The van der Waals surface area contributed by atoms with Crippen molar-refractivity contribution >= 4 is 35.5 Å². The first kappa shape index (κ1) is 21.9. The van der Waals surface area contributed by atoms with Crippen LogP contribution < -0.4 is 10.2 Å². The van der Waals surface area contributed by atoms with E-state index in [2.05, 4.69) is 15.3 Å². The van der Waals surface area contributed by atoms with Crippen molar-refractivity contribution in [3.05, 3.63) is 69.8 Å². The highest BCUT2D eigenvalue weighted by molar-refractivity contribution is 7.99. The van der Waals surface area contributed by atoms with Crippen LogP contribution in [0.4, 0.5) is 5.69 Å². The second-order valence-electron chi connectivity index (χ2n) is 5.64. The van der Waals surface area contributed by atoms with E-state index < -0.39 is 10.9 Å². The molecule has 0 aliphatic carbocycles. The summed E-state index contributed by atoms with van der Waals surface area (Å²) in [6.07, 6.45) is 1.49. The average Bonchev–Trinajstić information content (AvgIpc) is 2.73. The molecule has 2 aromatic rings. The number of rotatable bonds is 10. The number of non-ortho nitro benzene ring substituents is 1. The molecule has 152 valence electrons. The van der Waals surface area contributed by atoms with E-state index >= 15 is 0 Å². The highest BCUT2D eigenvalue weighted by atomic mass is 32.2. The van der Waals surface area contributed by atoms with Gasteiger partial charge in [-0.25, -0.2) is 10.2 Å². The van der Waals surface area contributed by atoms with Gasteiger partial charge in [-0.1, -0.05) is 12.1 Å². The van der Waals surface area contributed by atoms with E-state index in [4.69, 9.17) is 4.74 Å². The van der Waals surface area contributed by atoms with Crippen molar-refractivity contribution < 1.29 is 24.0 Å². The topological polar surface area (TPSA) is 120 Å². The van der Waals surface area contributed by atoms with Crippen LogP contribution in [0.2, 0.25) is 0 Å². The molecule has 0 aromatic heterocycles. The molecule has 0 radical (unpaired) electrons. The number of nitrogens with zero attached hydrogens (tertiary/aromatic N) is 2. The molecule has 0 saturated heterocycles. The molecule has 0 heterocycles. The summed E-state index contributed by atoms with van der Waals surface area (Å²) >= 11 is 1.38. The zero-order valence-corrected chi connectivity index (χ0v) is 16.4. The van der Waals surface area contributed by atoms with Crippen LogP contribution in [0.3, 0.4) is 0 Å². The highest BCUT2D eigenvalue weighted by Crippen LogP contribution is 2.16. The van der Waals surface area contributed by atoms with Crippen molar-refractivity contribution in [2.45, 2.75) is 5.75 Å². The lowest BCUT2D eigenvalue weighted by Gasteiger charge is -2.04. The first-order valence-corrected chi connectivity index (χ1v) is 9.56. The number of nitrogens with one attached hydrogen (secondary N) is 1. The molecule has 1 amide bonds. The minimum atomic E-state index is -0.468. The molecule has 29 heavy (non-hydrogen) atoms. The van der Waals surface area contributed by atoms with Crippen molar-refractivity contribution in [1.82, 2.24) is 5.43 Å². The molecule has 0 atom stereocenters. The maximum atomic E-state index is 11.8. The molecule has 0 fully saturated rings. The van der Waals surface area contributed by atoms with E-state index in [0.717, 1.165) is 11.1 Å². The molecule has 2 rings (SSSR count). The number of hydrogen-bond acceptors (Lipinski definition) is 8. The number of carbonyl (C=O) groups excluding carboxylic acids is 2. The number of ether oxygens (including phenoxy) is 2. The van der Waals surface area contributed by atoms with Crippen LogP contribution in [-0.4, -0.2) is 42.5 Å². The maximum absolute atomic E-state index is 11.8. The fourth-order valence-corrected chi connectivity index (χ4v) is 2.82. The van der Waals surface area contributed by atoms with Crippen LogP contribution in [0.25, 0.3) is 0 Å². The molecule has 0 bridgehead atoms. The summed E-state index contributed by atoms with van der Waals surface area (Å²) in [5.74, 6) is 0.548. The van der Waals surface area contributed by atoms with E-state index in [1.807, 2.05) is 0 Å². The molecule has 10 heteroatoms. The van der Waals surface area contributed by atoms with Gasteiger partial charge in [0.15, 0.2) is 6.61 Å². The van der Waals surface area contributed by atoms with Gasteiger partial charge in [0.2, 0.25) is 5.91 Å². The fourth-order valence-electron chi connectivity index (χ4n) is 2.04. The van der Waals surface area contributed by atoms with Gasteiger partial charge in [-0.15, -0.1) is 11.8 Å². The van der Waals surface area contributed by atoms with Crippen molar-refractivity contribution in [3.8, 4) is 5.75 Å². The SMILES string of the molecule is COC(=O)COc1ccc(/C=N/NC(=O)CSCc2ccc([N+](=O)[O-])cc2)cc1. The Labute approximate surface area is 171 Å². The van der Waals surface area contributed by atoms with Gasteiger partial charge in [0.05, 0.1) is 24.0 Å². The van der Waals surface area contributed by atoms with Crippen molar-refractivity contribution in [2.24, 2.45) is 5.10 Å². The normalized spacial score (nSPS) is 10.5. The highest BCUT2D eigenvalue weighted by Gasteiger charge is 2.05. The third-order valence-corrected chi connectivity index (χ3v) is 4.52. The number of amides is 1. The largest absolute Gasteiger partial charge is 0.482 e. The van der Waals surface area contributed by atoms with Crippen molar-refractivity contribution in [3.63, 3.8) is 0 Å². The second-order valence-corrected chi connectivity index (χ2v) is 6.63. The predicted octanol–water partition coefficient (Wildman–Crippen LogP) is 2.53. The summed E-state index contributed by atoms with van der Waals surface area (Å²) in [6, 6.07) is 13.0. The molecule has 0 spiro atoms. The molecular formula is C19H19N3O6S. The van der Waals surface area contributed by atoms with Crippen LogP contribution in [0.15, 0.2) is 53.6 Å². The molecule has 0 aliphatic heterocycles. The first-order chi connectivity index (χ1) is 14.0. The van der Waals surface area contributed by atoms with E-state index in [-0.39, 0.29) is 24.0 Å². The lowest BCUT2D eigenvalue weighted by Crippen LogP contribution is -2.19. The molecule has 1 N–H and O–H groups in total. The van der Waals surface area contributed by atoms with Crippen LogP contribution >= 0.6 is 11.8 Å². The number of hydrogen-bond donors (Lipinski definition) is 1. The Morgan fingerprint density at radius 3 is 2.48 bits per heavy atom. The Bertz CT molecular complexity index is 869. The molecule has 0 aliphatic rings. The molecule has 0 unspecified atom stereocenters. The number of nitro benzene ring substituents is 1. The first-order valence-electron chi connectivity index (χ1n) is 8.40. The van der Waals surface area contributed by atoms with Gasteiger partial charge < -0.3 is 9.47 Å². The van der Waals surface area contributed by atoms with Gasteiger partial charge in [0, 0.05) is 17.9 Å². The lowest BCUT2D eigenvalue weighted by atomic mass is 10.2. The summed E-state index contributed by atoms with van der Waals surface area (Å²) in [7, 11) is 1.29. The van der Waals surface area contributed by atoms with Gasteiger partial charge in [-0.3, -0.25) is 14.9 Å². The Morgan fingerprint density at radius 1 is 1.17 bits per heavy atom. The lowest BCUT2D eigenvalue weighted by molar-refractivity contribution is -0.384. The Hall–Kier alpha value is -3.40. The summed E-state index contributed by atoms with van der Waals surface area (Å²) in [4.78, 5) is 33.0. The Balaban J connectivity index is 1.69.